The minimum Gasteiger partial charge on any atom is -0.342 e. The van der Waals surface area contributed by atoms with Crippen LogP contribution in [0.2, 0.25) is 0 Å². The molecule has 0 unspecified atom stereocenters. The van der Waals surface area contributed by atoms with Crippen molar-refractivity contribution in [1.29, 1.82) is 0 Å². The molecule has 6 heteroatoms. The number of H-pyrrole nitrogens is 1. The monoisotopic (exact) mass is 286 g/mol. The van der Waals surface area contributed by atoms with E-state index in [0.29, 0.717) is 23.3 Å². The number of aromatic amines is 1. The quantitative estimate of drug-likeness (QED) is 0.864. The van der Waals surface area contributed by atoms with Gasteiger partial charge in [0, 0.05) is 13.1 Å². The number of carbonyl (C=O) groups is 1. The number of amides is 1. The third-order valence-electron chi connectivity index (χ3n) is 3.69. The molecule has 1 saturated heterocycles. The molecular weight excluding hydrogens is 268 g/mol. The second-order valence-electron chi connectivity index (χ2n) is 5.22. The Morgan fingerprint density at radius 2 is 2.05 bits per heavy atom. The van der Waals surface area contributed by atoms with Crippen LogP contribution in [0.4, 0.5) is 0 Å². The number of rotatable bonds is 4. The van der Waals surface area contributed by atoms with Crippen LogP contribution < -0.4 is 10.9 Å². The van der Waals surface area contributed by atoms with Gasteiger partial charge in [-0.2, -0.15) is 0 Å². The second-order valence-corrected chi connectivity index (χ2v) is 5.22. The van der Waals surface area contributed by atoms with Crippen LogP contribution in [0.3, 0.4) is 0 Å². The first kappa shape index (κ1) is 13.8. The van der Waals surface area contributed by atoms with Gasteiger partial charge in [-0.3, -0.25) is 9.59 Å². The van der Waals surface area contributed by atoms with Crippen LogP contribution >= 0.6 is 0 Å². The smallest absolute Gasteiger partial charge is 0.258 e. The topological polar surface area (TPSA) is 78.1 Å². The van der Waals surface area contributed by atoms with Crippen LogP contribution in [0.5, 0.6) is 0 Å². The van der Waals surface area contributed by atoms with Crippen molar-refractivity contribution in [1.82, 2.24) is 20.2 Å². The predicted octanol–water partition coefficient (Wildman–Crippen LogP) is 0.635. The Morgan fingerprint density at radius 1 is 1.29 bits per heavy atom. The summed E-state index contributed by atoms with van der Waals surface area (Å²) < 4.78 is 0. The molecule has 6 nitrogen and oxygen atoms in total. The van der Waals surface area contributed by atoms with Gasteiger partial charge in [-0.25, -0.2) is 4.98 Å². The van der Waals surface area contributed by atoms with Crippen LogP contribution in [-0.4, -0.2) is 40.4 Å². The molecule has 2 heterocycles. The maximum atomic E-state index is 11.9. The lowest BCUT2D eigenvalue weighted by Gasteiger charge is -2.15. The minimum absolute atomic E-state index is 0.107. The summed E-state index contributed by atoms with van der Waals surface area (Å²) in [6.07, 6.45) is 2.18. The Labute approximate surface area is 122 Å². The number of benzene rings is 1. The van der Waals surface area contributed by atoms with Gasteiger partial charge < -0.3 is 15.2 Å². The van der Waals surface area contributed by atoms with Gasteiger partial charge in [0.15, 0.2) is 0 Å². The third-order valence-corrected chi connectivity index (χ3v) is 3.69. The zero-order chi connectivity index (χ0) is 14.7. The summed E-state index contributed by atoms with van der Waals surface area (Å²) in [5.41, 5.74) is 0.521. The number of fused-ring (bicyclic) bond motifs is 1. The zero-order valence-corrected chi connectivity index (χ0v) is 11.8. The fourth-order valence-electron chi connectivity index (χ4n) is 2.58. The molecular formula is C15H18N4O2. The summed E-state index contributed by atoms with van der Waals surface area (Å²) in [6.45, 7) is 2.35. The molecule has 0 saturated carbocycles. The lowest BCUT2D eigenvalue weighted by Crippen LogP contribution is -2.36. The highest BCUT2D eigenvalue weighted by atomic mass is 16.2. The van der Waals surface area contributed by atoms with E-state index in [1.165, 1.54) is 0 Å². The molecule has 2 N–H and O–H groups in total. The molecule has 1 aliphatic rings. The third kappa shape index (κ3) is 3.11. The second kappa shape index (κ2) is 6.05. The van der Waals surface area contributed by atoms with Gasteiger partial charge in [-0.05, 0) is 25.0 Å². The van der Waals surface area contributed by atoms with E-state index in [1.54, 1.807) is 6.07 Å². The van der Waals surface area contributed by atoms with E-state index in [2.05, 4.69) is 15.3 Å². The van der Waals surface area contributed by atoms with Gasteiger partial charge in [-0.15, -0.1) is 0 Å². The number of nitrogens with zero attached hydrogens (tertiary/aromatic N) is 2. The summed E-state index contributed by atoms with van der Waals surface area (Å²) in [5.74, 6) is 0.656. The highest BCUT2D eigenvalue weighted by Gasteiger charge is 2.17. The fourth-order valence-corrected chi connectivity index (χ4v) is 2.58. The molecule has 3 rings (SSSR count). The Balaban J connectivity index is 1.63. The SMILES string of the molecule is O=C(CNCc1nc2ccccc2c(=O)[nH]1)N1CCCC1. The normalized spacial score (nSPS) is 14.8. The standard InChI is InChI=1S/C15H18N4O2/c20-14(19-7-3-4-8-19)10-16-9-13-17-12-6-2-1-5-11(12)15(21)18-13/h1-2,5-6,16H,3-4,7-10H2,(H,17,18,21). The van der Waals surface area contributed by atoms with Crippen molar-refractivity contribution in [3.05, 3.63) is 40.4 Å². The van der Waals surface area contributed by atoms with Gasteiger partial charge >= 0.3 is 0 Å². The summed E-state index contributed by atoms with van der Waals surface area (Å²) in [7, 11) is 0. The van der Waals surface area contributed by atoms with E-state index in [-0.39, 0.29) is 18.0 Å². The first-order valence-electron chi connectivity index (χ1n) is 7.20. The minimum atomic E-state index is -0.150. The molecule has 1 aromatic heterocycles. The predicted molar refractivity (Wildman–Crippen MR) is 79.9 cm³/mol. The van der Waals surface area contributed by atoms with Crippen molar-refractivity contribution in [2.24, 2.45) is 0 Å². The van der Waals surface area contributed by atoms with Crippen LogP contribution in [0.1, 0.15) is 18.7 Å². The maximum Gasteiger partial charge on any atom is 0.258 e. The number of hydrogen-bond donors (Lipinski definition) is 2. The van der Waals surface area contributed by atoms with E-state index >= 15 is 0 Å². The molecule has 0 atom stereocenters. The molecule has 1 fully saturated rings. The summed E-state index contributed by atoms with van der Waals surface area (Å²) in [5, 5.41) is 3.62. The average molecular weight is 286 g/mol. The molecule has 0 radical (unpaired) electrons. The van der Waals surface area contributed by atoms with E-state index in [4.69, 9.17) is 0 Å². The van der Waals surface area contributed by atoms with Crippen LogP contribution in [0, 0.1) is 0 Å². The van der Waals surface area contributed by atoms with Gasteiger partial charge in [0.25, 0.3) is 5.56 Å². The highest BCUT2D eigenvalue weighted by Crippen LogP contribution is 2.07. The van der Waals surface area contributed by atoms with Crippen molar-refractivity contribution in [3.8, 4) is 0 Å². The van der Waals surface area contributed by atoms with Gasteiger partial charge in [0.1, 0.15) is 5.82 Å². The molecule has 0 spiro atoms. The summed E-state index contributed by atoms with van der Waals surface area (Å²) in [4.78, 5) is 32.8. The van der Waals surface area contributed by atoms with Crippen LogP contribution in [-0.2, 0) is 11.3 Å². The van der Waals surface area contributed by atoms with Gasteiger partial charge in [0.2, 0.25) is 5.91 Å². The molecule has 1 amide bonds. The Hall–Kier alpha value is -2.21. The number of para-hydroxylation sites is 1. The largest absolute Gasteiger partial charge is 0.342 e. The summed E-state index contributed by atoms with van der Waals surface area (Å²) in [6, 6.07) is 7.22. The van der Waals surface area contributed by atoms with E-state index < -0.39 is 0 Å². The lowest BCUT2D eigenvalue weighted by molar-refractivity contribution is -0.129. The van der Waals surface area contributed by atoms with Crippen molar-refractivity contribution in [3.63, 3.8) is 0 Å². The number of hydrogen-bond acceptors (Lipinski definition) is 4. The van der Waals surface area contributed by atoms with E-state index in [0.717, 1.165) is 25.9 Å². The molecule has 1 aliphatic heterocycles. The van der Waals surface area contributed by atoms with Crippen molar-refractivity contribution in [2.45, 2.75) is 19.4 Å². The number of likely N-dealkylation sites (tertiary alicyclic amines) is 1. The van der Waals surface area contributed by atoms with Crippen molar-refractivity contribution < 1.29 is 4.79 Å². The zero-order valence-electron chi connectivity index (χ0n) is 11.8. The first-order valence-corrected chi connectivity index (χ1v) is 7.20. The Kier molecular flexibility index (Phi) is 3.96. The number of carbonyl (C=O) groups excluding carboxylic acids is 1. The van der Waals surface area contributed by atoms with E-state index in [1.807, 2.05) is 23.1 Å². The Bertz CT molecular complexity index is 704. The molecule has 1 aromatic carbocycles. The summed E-state index contributed by atoms with van der Waals surface area (Å²) >= 11 is 0. The van der Waals surface area contributed by atoms with Crippen LogP contribution in [0.25, 0.3) is 10.9 Å². The first-order chi connectivity index (χ1) is 10.2. The van der Waals surface area contributed by atoms with Crippen molar-refractivity contribution >= 4 is 16.8 Å². The number of aromatic nitrogens is 2. The van der Waals surface area contributed by atoms with Crippen LogP contribution in [0.15, 0.2) is 29.1 Å². The van der Waals surface area contributed by atoms with Gasteiger partial charge in [0.05, 0.1) is 24.0 Å². The molecule has 110 valence electrons. The molecule has 0 aliphatic carbocycles. The molecule has 0 bridgehead atoms. The fraction of sp³-hybridized carbons (Fsp3) is 0.400. The van der Waals surface area contributed by atoms with Crippen molar-refractivity contribution in [2.75, 3.05) is 19.6 Å². The number of nitrogens with one attached hydrogen (secondary N) is 2. The maximum absolute atomic E-state index is 11.9. The molecule has 2 aromatic rings. The lowest BCUT2D eigenvalue weighted by atomic mass is 10.2. The highest BCUT2D eigenvalue weighted by molar-refractivity contribution is 5.78. The average Bonchev–Trinajstić information content (AvgIpc) is 3.01. The Morgan fingerprint density at radius 3 is 2.86 bits per heavy atom. The van der Waals surface area contributed by atoms with E-state index in [9.17, 15) is 9.59 Å². The molecule has 21 heavy (non-hydrogen) atoms. The van der Waals surface area contributed by atoms with Gasteiger partial charge in [-0.1, -0.05) is 12.1 Å².